The van der Waals surface area contributed by atoms with E-state index in [1.807, 2.05) is 6.07 Å². The van der Waals surface area contributed by atoms with Gasteiger partial charge in [0, 0.05) is 17.5 Å². The Hall–Kier alpha value is -2.30. The van der Waals surface area contributed by atoms with Crippen molar-refractivity contribution in [3.05, 3.63) is 30.0 Å². The van der Waals surface area contributed by atoms with Crippen LogP contribution in [0.3, 0.4) is 0 Å². The standard InChI is InChI=1S/C15H17NO4/c1-15(2,14(17)18)13-6-5-10-11(16-13)7-9(19-3)8-12(10)20-4/h5-8H,1-4H3,(H,17,18). The minimum absolute atomic E-state index is 0.493. The van der Waals surface area contributed by atoms with E-state index in [2.05, 4.69) is 4.98 Å². The number of methoxy groups -OCH3 is 2. The third-order valence-corrected chi connectivity index (χ3v) is 3.37. The van der Waals surface area contributed by atoms with Crippen molar-refractivity contribution in [1.29, 1.82) is 0 Å². The molecule has 2 rings (SSSR count). The molecule has 0 saturated carbocycles. The summed E-state index contributed by atoms with van der Waals surface area (Å²) in [5.74, 6) is 0.345. The largest absolute Gasteiger partial charge is 0.497 e. The number of aromatic nitrogens is 1. The highest BCUT2D eigenvalue weighted by molar-refractivity contribution is 5.88. The van der Waals surface area contributed by atoms with E-state index in [1.54, 1.807) is 46.3 Å². The van der Waals surface area contributed by atoms with Crippen LogP contribution in [0.1, 0.15) is 19.5 Å². The number of benzene rings is 1. The molecule has 0 saturated heterocycles. The van der Waals surface area contributed by atoms with Gasteiger partial charge in [0.05, 0.1) is 25.4 Å². The fourth-order valence-electron chi connectivity index (χ4n) is 1.92. The Bertz CT molecular complexity index is 664. The second-order valence-corrected chi connectivity index (χ2v) is 5.02. The number of hydrogen-bond donors (Lipinski definition) is 1. The molecule has 0 aliphatic carbocycles. The van der Waals surface area contributed by atoms with E-state index in [0.717, 1.165) is 5.39 Å². The molecule has 0 aliphatic rings. The lowest BCUT2D eigenvalue weighted by molar-refractivity contribution is -0.142. The molecule has 1 heterocycles. The van der Waals surface area contributed by atoms with Crippen LogP contribution in [-0.2, 0) is 10.2 Å². The van der Waals surface area contributed by atoms with Crippen molar-refractivity contribution in [3.8, 4) is 11.5 Å². The van der Waals surface area contributed by atoms with Gasteiger partial charge in [-0.3, -0.25) is 9.78 Å². The highest BCUT2D eigenvalue weighted by Gasteiger charge is 2.31. The third-order valence-electron chi connectivity index (χ3n) is 3.37. The first kappa shape index (κ1) is 14.1. The van der Waals surface area contributed by atoms with Gasteiger partial charge in [-0.2, -0.15) is 0 Å². The fraction of sp³-hybridized carbons (Fsp3) is 0.333. The van der Waals surface area contributed by atoms with E-state index in [4.69, 9.17) is 9.47 Å². The summed E-state index contributed by atoms with van der Waals surface area (Å²) in [4.78, 5) is 15.8. The molecule has 0 bridgehead atoms. The van der Waals surface area contributed by atoms with Gasteiger partial charge in [-0.15, -0.1) is 0 Å². The highest BCUT2D eigenvalue weighted by Crippen LogP contribution is 2.32. The second-order valence-electron chi connectivity index (χ2n) is 5.02. The first-order chi connectivity index (χ1) is 9.40. The summed E-state index contributed by atoms with van der Waals surface area (Å²) in [6.45, 7) is 3.25. The lowest BCUT2D eigenvalue weighted by atomic mass is 9.88. The lowest BCUT2D eigenvalue weighted by Gasteiger charge is -2.19. The van der Waals surface area contributed by atoms with E-state index in [1.165, 1.54) is 0 Å². The Morgan fingerprint density at radius 2 is 1.90 bits per heavy atom. The van der Waals surface area contributed by atoms with Gasteiger partial charge in [0.2, 0.25) is 0 Å². The molecule has 0 unspecified atom stereocenters. The molecule has 5 nitrogen and oxygen atoms in total. The van der Waals surface area contributed by atoms with Crippen LogP contribution in [0.25, 0.3) is 10.9 Å². The number of carbonyl (C=O) groups is 1. The molecular formula is C15H17NO4. The Labute approximate surface area is 117 Å². The summed E-state index contributed by atoms with van der Waals surface area (Å²) in [6.07, 6.45) is 0. The molecule has 106 valence electrons. The van der Waals surface area contributed by atoms with Gasteiger partial charge in [-0.05, 0) is 26.0 Å². The van der Waals surface area contributed by atoms with E-state index < -0.39 is 11.4 Å². The monoisotopic (exact) mass is 275 g/mol. The van der Waals surface area contributed by atoms with Crippen LogP contribution in [0, 0.1) is 0 Å². The Morgan fingerprint density at radius 1 is 1.20 bits per heavy atom. The first-order valence-corrected chi connectivity index (χ1v) is 6.17. The molecule has 0 fully saturated rings. The summed E-state index contributed by atoms with van der Waals surface area (Å²) >= 11 is 0. The summed E-state index contributed by atoms with van der Waals surface area (Å²) in [6, 6.07) is 7.07. The zero-order valence-corrected chi connectivity index (χ0v) is 11.9. The van der Waals surface area contributed by atoms with E-state index >= 15 is 0 Å². The zero-order valence-electron chi connectivity index (χ0n) is 11.9. The highest BCUT2D eigenvalue weighted by atomic mass is 16.5. The predicted molar refractivity (Wildman–Crippen MR) is 75.5 cm³/mol. The number of hydrogen-bond acceptors (Lipinski definition) is 4. The Balaban J connectivity index is 2.67. The molecule has 1 N–H and O–H groups in total. The zero-order chi connectivity index (χ0) is 14.9. The molecule has 0 atom stereocenters. The van der Waals surface area contributed by atoms with Gasteiger partial charge < -0.3 is 14.6 Å². The molecule has 0 aliphatic heterocycles. The van der Waals surface area contributed by atoms with Crippen molar-refractivity contribution in [1.82, 2.24) is 4.98 Å². The molecule has 0 radical (unpaired) electrons. The molecule has 1 aromatic carbocycles. The molecule has 0 amide bonds. The van der Waals surface area contributed by atoms with Crippen molar-refractivity contribution < 1.29 is 19.4 Å². The fourth-order valence-corrected chi connectivity index (χ4v) is 1.92. The summed E-state index contributed by atoms with van der Waals surface area (Å²) in [5.41, 5.74) is 0.0886. The number of carboxylic acid groups (broad SMARTS) is 1. The van der Waals surface area contributed by atoms with E-state index in [-0.39, 0.29) is 0 Å². The van der Waals surface area contributed by atoms with Crippen LogP contribution >= 0.6 is 0 Å². The number of fused-ring (bicyclic) bond motifs is 1. The molecule has 1 aromatic heterocycles. The van der Waals surface area contributed by atoms with Gasteiger partial charge in [0.1, 0.15) is 16.9 Å². The van der Waals surface area contributed by atoms with Gasteiger partial charge in [-0.25, -0.2) is 0 Å². The molecule has 20 heavy (non-hydrogen) atoms. The second kappa shape index (κ2) is 5.00. The van der Waals surface area contributed by atoms with Crippen LogP contribution in [0.2, 0.25) is 0 Å². The number of carboxylic acids is 1. The topological polar surface area (TPSA) is 68.7 Å². The average molecular weight is 275 g/mol. The number of nitrogens with zero attached hydrogens (tertiary/aromatic N) is 1. The smallest absolute Gasteiger partial charge is 0.315 e. The summed E-state index contributed by atoms with van der Waals surface area (Å²) < 4.78 is 10.5. The van der Waals surface area contributed by atoms with Crippen LogP contribution in [-0.4, -0.2) is 30.3 Å². The van der Waals surface area contributed by atoms with Gasteiger partial charge in [0.15, 0.2) is 0 Å². The van der Waals surface area contributed by atoms with Gasteiger partial charge in [-0.1, -0.05) is 0 Å². The van der Waals surface area contributed by atoms with Crippen molar-refractivity contribution in [2.24, 2.45) is 0 Å². The third kappa shape index (κ3) is 2.27. The lowest BCUT2D eigenvalue weighted by Crippen LogP contribution is -2.29. The quantitative estimate of drug-likeness (QED) is 0.928. The first-order valence-electron chi connectivity index (χ1n) is 6.17. The molecule has 2 aromatic rings. The average Bonchev–Trinajstić information content (AvgIpc) is 2.44. The van der Waals surface area contributed by atoms with Gasteiger partial charge >= 0.3 is 5.97 Å². The maximum Gasteiger partial charge on any atom is 0.315 e. The van der Waals surface area contributed by atoms with Crippen LogP contribution in [0.15, 0.2) is 24.3 Å². The molecular weight excluding hydrogens is 258 g/mol. The maximum absolute atomic E-state index is 11.3. The SMILES string of the molecule is COc1cc(OC)c2ccc(C(C)(C)C(=O)O)nc2c1. The number of aliphatic carboxylic acids is 1. The van der Waals surface area contributed by atoms with E-state index in [9.17, 15) is 9.90 Å². The number of ether oxygens (including phenoxy) is 2. The van der Waals surface area contributed by atoms with Crippen molar-refractivity contribution in [2.45, 2.75) is 19.3 Å². The maximum atomic E-state index is 11.3. The molecule has 5 heteroatoms. The minimum atomic E-state index is -1.05. The van der Waals surface area contributed by atoms with Crippen LogP contribution in [0.4, 0.5) is 0 Å². The van der Waals surface area contributed by atoms with Crippen LogP contribution < -0.4 is 9.47 Å². The Morgan fingerprint density at radius 3 is 2.45 bits per heavy atom. The number of pyridine rings is 1. The molecule has 0 spiro atoms. The van der Waals surface area contributed by atoms with Crippen molar-refractivity contribution >= 4 is 16.9 Å². The number of rotatable bonds is 4. The summed E-state index contributed by atoms with van der Waals surface area (Å²) in [7, 11) is 3.13. The predicted octanol–water partition coefficient (Wildman–Crippen LogP) is 2.61. The summed E-state index contributed by atoms with van der Waals surface area (Å²) in [5, 5.41) is 10.1. The van der Waals surface area contributed by atoms with E-state index in [0.29, 0.717) is 22.7 Å². The normalized spacial score (nSPS) is 11.4. The van der Waals surface area contributed by atoms with Gasteiger partial charge in [0.25, 0.3) is 0 Å². The van der Waals surface area contributed by atoms with Crippen molar-refractivity contribution in [3.63, 3.8) is 0 Å². The van der Waals surface area contributed by atoms with Crippen LogP contribution in [0.5, 0.6) is 11.5 Å². The van der Waals surface area contributed by atoms with Crippen molar-refractivity contribution in [2.75, 3.05) is 14.2 Å². The minimum Gasteiger partial charge on any atom is -0.497 e. The Kier molecular flexibility index (Phi) is 3.53.